The Labute approximate surface area is 172 Å². The Morgan fingerprint density at radius 3 is 1.28 bits per heavy atom. The summed E-state index contributed by atoms with van der Waals surface area (Å²) in [5, 5.41) is 20.5. The summed E-state index contributed by atoms with van der Waals surface area (Å²) in [5.74, 6) is 0.478. The van der Waals surface area contributed by atoms with Gasteiger partial charge in [-0.25, -0.2) is 0 Å². The molecule has 0 saturated carbocycles. The minimum Gasteiger partial charge on any atom is -1.00 e. The number of fused-ring (bicyclic) bond motifs is 2. The summed E-state index contributed by atoms with van der Waals surface area (Å²) in [6.45, 7) is 0. The Bertz CT molecular complexity index is 851. The Morgan fingerprint density at radius 2 is 0.920 bits per heavy atom. The molecule has 0 spiro atoms. The maximum atomic E-state index is 9.31. The summed E-state index contributed by atoms with van der Waals surface area (Å²) < 4.78 is 0. The van der Waals surface area contributed by atoms with Crippen LogP contribution in [0.5, 0.6) is 11.5 Å². The van der Waals surface area contributed by atoms with Crippen LogP contribution in [0.25, 0.3) is 21.8 Å². The maximum absolute atomic E-state index is 9.31. The third-order valence-corrected chi connectivity index (χ3v) is 3.22. The fourth-order valence-electron chi connectivity index (χ4n) is 2.18. The minimum absolute atomic E-state index is 0. The largest absolute Gasteiger partial charge is 2.00 e. The van der Waals surface area contributed by atoms with Gasteiger partial charge in [-0.3, -0.25) is 9.97 Å². The number of pyridine rings is 2. The number of aromatic nitrogens is 2. The monoisotopic (exact) mass is 408 g/mol. The first-order valence-electron chi connectivity index (χ1n) is 6.81. The molecule has 2 heterocycles. The second kappa shape index (κ2) is 10.9. The third kappa shape index (κ3) is 5.58. The van der Waals surface area contributed by atoms with E-state index < -0.39 is 0 Å². The number of halogens is 2. The molecular weight excluding hydrogens is 395 g/mol. The molecule has 0 bridgehead atoms. The fraction of sp³-hybridized carbons (Fsp3) is 0. The second-order valence-corrected chi connectivity index (χ2v) is 4.70. The van der Waals surface area contributed by atoms with Gasteiger partial charge in [0.25, 0.3) is 0 Å². The molecule has 0 saturated heterocycles. The van der Waals surface area contributed by atoms with Crippen molar-refractivity contribution < 1.29 is 56.7 Å². The molecule has 7 heteroatoms. The second-order valence-electron chi connectivity index (χ2n) is 4.70. The van der Waals surface area contributed by atoms with Gasteiger partial charge >= 0.3 is 21.7 Å². The molecule has 0 aliphatic carbocycles. The molecule has 2 aromatic carbocycles. The van der Waals surface area contributed by atoms with Crippen LogP contribution >= 0.6 is 0 Å². The van der Waals surface area contributed by atoms with Gasteiger partial charge in [-0.2, -0.15) is 0 Å². The van der Waals surface area contributed by atoms with E-state index in [0.29, 0.717) is 11.0 Å². The number of aromatic hydroxyl groups is 2. The first-order chi connectivity index (χ1) is 10.8. The molecule has 0 atom stereocenters. The van der Waals surface area contributed by atoms with Crippen LogP contribution in [-0.4, -0.2) is 20.2 Å². The van der Waals surface area contributed by atoms with E-state index in [4.69, 9.17) is 0 Å². The Balaban J connectivity index is 0.000000411. The summed E-state index contributed by atoms with van der Waals surface area (Å²) in [4.78, 5) is 8.06. The molecule has 4 rings (SSSR count). The van der Waals surface area contributed by atoms with Crippen molar-refractivity contribution in [2.75, 3.05) is 0 Å². The van der Waals surface area contributed by atoms with E-state index in [-0.39, 0.29) is 58.0 Å². The van der Waals surface area contributed by atoms with Crippen LogP contribution in [0.3, 0.4) is 0 Å². The van der Waals surface area contributed by atoms with Crippen molar-refractivity contribution in [2.45, 2.75) is 0 Å². The van der Waals surface area contributed by atoms with E-state index in [1.165, 1.54) is 0 Å². The number of para-hydroxylation sites is 2. The van der Waals surface area contributed by atoms with Gasteiger partial charge in [0.2, 0.25) is 0 Å². The van der Waals surface area contributed by atoms with Crippen molar-refractivity contribution in [3.63, 3.8) is 0 Å². The number of hydrogen-bond acceptors (Lipinski definition) is 4. The number of nitrogens with zero attached hydrogens (tertiary/aromatic N) is 2. The average Bonchev–Trinajstić information content (AvgIpc) is 2.57. The zero-order chi connectivity index (χ0) is 15.4. The van der Waals surface area contributed by atoms with Crippen LogP contribution < -0.4 is 24.8 Å². The third-order valence-electron chi connectivity index (χ3n) is 3.22. The van der Waals surface area contributed by atoms with E-state index in [1.807, 2.05) is 36.4 Å². The molecule has 126 valence electrons. The number of phenols is 2. The van der Waals surface area contributed by atoms with Gasteiger partial charge in [0, 0.05) is 23.2 Å². The number of phenolic OH excluding ortho intramolecular Hbond substituents is 2. The molecule has 0 fully saturated rings. The number of hydrogen-bond donors (Lipinski definition) is 2. The Kier molecular flexibility index (Phi) is 10.1. The zero-order valence-electron chi connectivity index (χ0n) is 13.0. The van der Waals surface area contributed by atoms with Crippen molar-refractivity contribution >= 4 is 21.8 Å². The van der Waals surface area contributed by atoms with Gasteiger partial charge in [0.1, 0.15) is 22.5 Å². The molecule has 4 nitrogen and oxygen atoms in total. The summed E-state index contributed by atoms with van der Waals surface area (Å²) in [7, 11) is 0. The smallest absolute Gasteiger partial charge is 1.00 e. The predicted molar refractivity (Wildman–Crippen MR) is 86.8 cm³/mol. The maximum Gasteiger partial charge on any atom is 2.00 e. The van der Waals surface area contributed by atoms with Crippen LogP contribution in [0.1, 0.15) is 0 Å². The fourth-order valence-corrected chi connectivity index (χ4v) is 2.18. The Hall–Kier alpha value is -1.85. The van der Waals surface area contributed by atoms with Crippen molar-refractivity contribution in [2.24, 2.45) is 0 Å². The SMILES string of the molecule is Oc1cccc2cccnc12.Oc1cccc2cccnc12.[Cl-].[Cl-].[Ti+2]. The first-order valence-corrected chi connectivity index (χ1v) is 6.81. The van der Waals surface area contributed by atoms with Crippen LogP contribution in [0, 0.1) is 0 Å². The molecule has 4 aromatic rings. The topological polar surface area (TPSA) is 66.2 Å². The van der Waals surface area contributed by atoms with Crippen LogP contribution in [0.2, 0.25) is 0 Å². The summed E-state index contributed by atoms with van der Waals surface area (Å²) in [6, 6.07) is 18.3. The molecule has 25 heavy (non-hydrogen) atoms. The van der Waals surface area contributed by atoms with Gasteiger partial charge in [-0.1, -0.05) is 36.4 Å². The molecule has 0 radical (unpaired) electrons. The molecule has 2 aromatic heterocycles. The van der Waals surface area contributed by atoms with Crippen LogP contribution in [0.4, 0.5) is 0 Å². The molecule has 0 unspecified atom stereocenters. The van der Waals surface area contributed by atoms with Gasteiger partial charge in [0.15, 0.2) is 0 Å². The minimum atomic E-state index is 0. The van der Waals surface area contributed by atoms with Gasteiger partial charge in [-0.15, -0.1) is 0 Å². The van der Waals surface area contributed by atoms with E-state index >= 15 is 0 Å². The van der Waals surface area contributed by atoms with Crippen molar-refractivity contribution in [1.29, 1.82) is 0 Å². The van der Waals surface area contributed by atoms with Crippen LogP contribution in [0.15, 0.2) is 73.1 Å². The zero-order valence-corrected chi connectivity index (χ0v) is 16.0. The summed E-state index contributed by atoms with van der Waals surface area (Å²) in [5.41, 5.74) is 1.32. The van der Waals surface area contributed by atoms with E-state index in [2.05, 4.69) is 9.97 Å². The van der Waals surface area contributed by atoms with Crippen molar-refractivity contribution in [3.05, 3.63) is 73.1 Å². The van der Waals surface area contributed by atoms with Crippen molar-refractivity contribution in [1.82, 2.24) is 9.97 Å². The normalized spacial score (nSPS) is 8.96. The molecule has 0 aliphatic heterocycles. The molecule has 0 aliphatic rings. The van der Waals surface area contributed by atoms with Crippen molar-refractivity contribution in [3.8, 4) is 11.5 Å². The van der Waals surface area contributed by atoms with E-state index in [1.54, 1.807) is 36.7 Å². The first kappa shape index (κ1) is 23.2. The summed E-state index contributed by atoms with van der Waals surface area (Å²) >= 11 is 0. The Morgan fingerprint density at radius 1 is 0.560 bits per heavy atom. The van der Waals surface area contributed by atoms with E-state index in [9.17, 15) is 10.2 Å². The standard InChI is InChI=1S/2C9H7NO.2ClH.Ti/c2*11-8-5-1-3-7-4-2-6-10-9(7)8;;;/h2*1-6,11H;2*1H;/q;;;;+2/p-2. The molecule has 2 N–H and O–H groups in total. The number of benzene rings is 2. The number of rotatable bonds is 0. The van der Waals surface area contributed by atoms with Gasteiger partial charge in [0.05, 0.1) is 0 Å². The predicted octanol–water partition coefficient (Wildman–Crippen LogP) is -2.11. The van der Waals surface area contributed by atoms with E-state index in [0.717, 1.165) is 10.8 Å². The van der Waals surface area contributed by atoms with Gasteiger partial charge in [-0.05, 0) is 24.3 Å². The van der Waals surface area contributed by atoms with Crippen LogP contribution in [-0.2, 0) is 21.7 Å². The summed E-state index contributed by atoms with van der Waals surface area (Å²) in [6.07, 6.45) is 3.34. The molecule has 0 amide bonds. The molecular formula is C18H14Cl2N2O2Ti. The quantitative estimate of drug-likeness (QED) is 0.327. The van der Waals surface area contributed by atoms with Gasteiger partial charge < -0.3 is 35.0 Å². The average molecular weight is 409 g/mol.